The minimum Gasteiger partial charge on any atom is -0.370 e. The highest BCUT2D eigenvalue weighted by atomic mass is 16.2. The van der Waals surface area contributed by atoms with Gasteiger partial charge >= 0.3 is 0 Å². The highest BCUT2D eigenvalue weighted by molar-refractivity contribution is 6.03. The fourth-order valence-electron chi connectivity index (χ4n) is 1.62. The first kappa shape index (κ1) is 11.8. The largest absolute Gasteiger partial charge is 0.370 e. The van der Waals surface area contributed by atoms with E-state index in [2.05, 4.69) is 10.4 Å². The zero-order valence-electron chi connectivity index (χ0n) is 9.84. The zero-order valence-corrected chi connectivity index (χ0v) is 9.84. The van der Waals surface area contributed by atoms with E-state index in [9.17, 15) is 4.79 Å². The van der Waals surface area contributed by atoms with Crippen LogP contribution in [0.2, 0.25) is 0 Å². The third-order valence-corrected chi connectivity index (χ3v) is 2.43. The number of hydrogen-bond acceptors (Lipinski definition) is 3. The molecule has 6 nitrogen and oxygen atoms in total. The fourth-order valence-corrected chi connectivity index (χ4v) is 1.62. The van der Waals surface area contributed by atoms with E-state index in [1.165, 1.54) is 4.68 Å². The van der Waals surface area contributed by atoms with Gasteiger partial charge in [-0.15, -0.1) is 0 Å². The molecule has 4 N–H and O–H groups in total. The second kappa shape index (κ2) is 4.70. The number of nitrogens with one attached hydrogen (secondary N) is 2. The molecule has 1 aromatic carbocycles. The summed E-state index contributed by atoms with van der Waals surface area (Å²) in [6.07, 6.45) is 0. The maximum Gasteiger partial charge on any atom is 0.276 e. The number of hydrogen-bond donors (Lipinski definition) is 3. The number of aryl methyl sites for hydroxylation is 1. The smallest absolute Gasteiger partial charge is 0.276 e. The van der Waals surface area contributed by atoms with Gasteiger partial charge in [0.05, 0.1) is 5.69 Å². The van der Waals surface area contributed by atoms with Gasteiger partial charge in [-0.3, -0.25) is 20.2 Å². The van der Waals surface area contributed by atoms with Crippen molar-refractivity contribution in [3.8, 4) is 11.3 Å². The lowest BCUT2D eigenvalue weighted by Gasteiger charge is -2.01. The fraction of sp³-hybridized carbons (Fsp3) is 0.0833. The predicted molar refractivity (Wildman–Crippen MR) is 68.0 cm³/mol. The Hall–Kier alpha value is -2.63. The molecular formula is C12H13N5O. The Labute approximate surface area is 104 Å². The number of guanidine groups is 1. The molecule has 0 unspecified atom stereocenters. The summed E-state index contributed by atoms with van der Waals surface area (Å²) < 4.78 is 1.46. The van der Waals surface area contributed by atoms with E-state index in [0.29, 0.717) is 11.4 Å². The van der Waals surface area contributed by atoms with Gasteiger partial charge in [0.1, 0.15) is 5.69 Å². The number of nitrogens with zero attached hydrogens (tertiary/aromatic N) is 2. The SMILES string of the molecule is Cn1nc(-c2ccccc2)cc1C(=O)NC(=N)N. The van der Waals surface area contributed by atoms with E-state index in [4.69, 9.17) is 11.1 Å². The van der Waals surface area contributed by atoms with Gasteiger partial charge in [-0.2, -0.15) is 5.10 Å². The van der Waals surface area contributed by atoms with Crippen LogP contribution in [-0.4, -0.2) is 21.6 Å². The quantitative estimate of drug-likeness (QED) is 0.535. The van der Waals surface area contributed by atoms with Crippen molar-refractivity contribution in [3.63, 3.8) is 0 Å². The summed E-state index contributed by atoms with van der Waals surface area (Å²) in [5, 5.41) is 13.5. The van der Waals surface area contributed by atoms with Gasteiger partial charge < -0.3 is 5.73 Å². The molecule has 0 fully saturated rings. The van der Waals surface area contributed by atoms with Crippen LogP contribution < -0.4 is 11.1 Å². The number of aromatic nitrogens is 2. The second-order valence-corrected chi connectivity index (χ2v) is 3.77. The van der Waals surface area contributed by atoms with Crippen LogP contribution in [0.15, 0.2) is 36.4 Å². The van der Waals surface area contributed by atoms with Crippen LogP contribution in [-0.2, 0) is 7.05 Å². The van der Waals surface area contributed by atoms with Crippen molar-refractivity contribution in [1.29, 1.82) is 5.41 Å². The van der Waals surface area contributed by atoms with Crippen molar-refractivity contribution < 1.29 is 4.79 Å². The Kier molecular flexibility index (Phi) is 3.09. The molecule has 6 heteroatoms. The van der Waals surface area contributed by atoms with E-state index in [0.717, 1.165) is 5.56 Å². The van der Waals surface area contributed by atoms with Crippen LogP contribution in [0.4, 0.5) is 0 Å². The minimum absolute atomic E-state index is 0.351. The lowest BCUT2D eigenvalue weighted by Crippen LogP contribution is -2.36. The summed E-state index contributed by atoms with van der Waals surface area (Å²) in [6, 6.07) is 11.2. The molecule has 0 bridgehead atoms. The molecule has 18 heavy (non-hydrogen) atoms. The number of carbonyl (C=O) groups excluding carboxylic acids is 1. The predicted octanol–water partition coefficient (Wildman–Crippen LogP) is 0.710. The summed E-state index contributed by atoms with van der Waals surface area (Å²) in [5.74, 6) is -0.831. The van der Waals surface area contributed by atoms with Gasteiger partial charge in [-0.25, -0.2) is 0 Å². The molecule has 0 saturated heterocycles. The van der Waals surface area contributed by atoms with Crippen LogP contribution in [0.25, 0.3) is 11.3 Å². The number of amides is 1. The minimum atomic E-state index is -0.445. The van der Waals surface area contributed by atoms with E-state index in [1.807, 2.05) is 30.3 Å². The maximum atomic E-state index is 11.7. The van der Waals surface area contributed by atoms with E-state index in [-0.39, 0.29) is 5.96 Å². The highest BCUT2D eigenvalue weighted by Gasteiger charge is 2.14. The number of nitrogens with two attached hydrogens (primary N) is 1. The Morgan fingerprint density at radius 3 is 2.67 bits per heavy atom. The topological polar surface area (TPSA) is 96.8 Å². The normalized spacial score (nSPS) is 10.1. The van der Waals surface area contributed by atoms with Crippen LogP contribution in [0.5, 0.6) is 0 Å². The molecule has 92 valence electrons. The van der Waals surface area contributed by atoms with E-state index in [1.54, 1.807) is 13.1 Å². The average Bonchev–Trinajstić information content (AvgIpc) is 2.72. The molecule has 0 atom stereocenters. The van der Waals surface area contributed by atoms with Gasteiger partial charge in [-0.05, 0) is 6.07 Å². The van der Waals surface area contributed by atoms with Crippen LogP contribution in [0.3, 0.4) is 0 Å². The molecule has 2 aromatic rings. The Morgan fingerprint density at radius 1 is 1.39 bits per heavy atom. The van der Waals surface area contributed by atoms with E-state index < -0.39 is 5.91 Å². The third kappa shape index (κ3) is 2.37. The first-order chi connectivity index (χ1) is 8.58. The molecule has 1 aromatic heterocycles. The Balaban J connectivity index is 2.33. The summed E-state index contributed by atoms with van der Waals surface area (Å²) in [5.41, 5.74) is 7.10. The first-order valence-electron chi connectivity index (χ1n) is 5.33. The van der Waals surface area contributed by atoms with Crippen molar-refractivity contribution in [2.45, 2.75) is 0 Å². The van der Waals surface area contributed by atoms with Gasteiger partial charge in [0.25, 0.3) is 5.91 Å². The molecule has 0 spiro atoms. The molecule has 0 aliphatic rings. The van der Waals surface area contributed by atoms with Crippen molar-refractivity contribution in [3.05, 3.63) is 42.1 Å². The number of carbonyl (C=O) groups is 1. The van der Waals surface area contributed by atoms with Crippen molar-refractivity contribution in [2.75, 3.05) is 0 Å². The van der Waals surface area contributed by atoms with Crippen molar-refractivity contribution in [1.82, 2.24) is 15.1 Å². The lowest BCUT2D eigenvalue weighted by atomic mass is 10.1. The standard InChI is InChI=1S/C12H13N5O/c1-17-10(11(18)15-12(13)14)7-9(16-17)8-5-3-2-4-6-8/h2-7H,1H3,(H4,13,14,15,18). The summed E-state index contributed by atoms with van der Waals surface area (Å²) >= 11 is 0. The summed E-state index contributed by atoms with van der Waals surface area (Å²) in [7, 11) is 1.67. The molecule has 0 aliphatic heterocycles. The Morgan fingerprint density at radius 2 is 2.06 bits per heavy atom. The lowest BCUT2D eigenvalue weighted by molar-refractivity contribution is 0.0967. The summed E-state index contributed by atoms with van der Waals surface area (Å²) in [6.45, 7) is 0. The maximum absolute atomic E-state index is 11.7. The number of benzene rings is 1. The molecule has 1 heterocycles. The summed E-state index contributed by atoms with van der Waals surface area (Å²) in [4.78, 5) is 11.7. The molecule has 1 amide bonds. The number of rotatable bonds is 2. The molecule has 0 saturated carbocycles. The van der Waals surface area contributed by atoms with Gasteiger partial charge in [-0.1, -0.05) is 30.3 Å². The van der Waals surface area contributed by atoms with Crippen LogP contribution in [0, 0.1) is 5.41 Å². The van der Waals surface area contributed by atoms with Crippen molar-refractivity contribution >= 4 is 11.9 Å². The van der Waals surface area contributed by atoms with Crippen LogP contribution in [0.1, 0.15) is 10.5 Å². The average molecular weight is 243 g/mol. The second-order valence-electron chi connectivity index (χ2n) is 3.77. The molecule has 0 aliphatic carbocycles. The molecule has 0 radical (unpaired) electrons. The van der Waals surface area contributed by atoms with Gasteiger partial charge in [0.2, 0.25) is 0 Å². The molecule has 2 rings (SSSR count). The highest BCUT2D eigenvalue weighted by Crippen LogP contribution is 2.18. The van der Waals surface area contributed by atoms with Gasteiger partial charge in [0.15, 0.2) is 5.96 Å². The monoisotopic (exact) mass is 243 g/mol. The zero-order chi connectivity index (χ0) is 13.1. The van der Waals surface area contributed by atoms with Gasteiger partial charge in [0, 0.05) is 12.6 Å². The molecular weight excluding hydrogens is 230 g/mol. The first-order valence-corrected chi connectivity index (χ1v) is 5.33. The van der Waals surface area contributed by atoms with Crippen LogP contribution >= 0.6 is 0 Å². The van der Waals surface area contributed by atoms with Crippen molar-refractivity contribution in [2.24, 2.45) is 12.8 Å². The van der Waals surface area contributed by atoms with E-state index >= 15 is 0 Å². The third-order valence-electron chi connectivity index (χ3n) is 2.43. The Bertz CT molecular complexity index is 588.